The van der Waals surface area contributed by atoms with Gasteiger partial charge in [0.25, 0.3) is 0 Å². The Kier molecular flexibility index (Phi) is 32.8. The van der Waals surface area contributed by atoms with Gasteiger partial charge in [0.15, 0.2) is 0 Å². The summed E-state index contributed by atoms with van der Waals surface area (Å²) in [5.41, 5.74) is 0. The maximum Gasteiger partial charge on any atom is 0.0562 e. The van der Waals surface area contributed by atoms with Crippen molar-refractivity contribution in [1.82, 2.24) is 0 Å². The van der Waals surface area contributed by atoms with Crippen LogP contribution < -0.4 is 0 Å². The third-order valence-corrected chi connectivity index (χ3v) is 6.21. The van der Waals surface area contributed by atoms with E-state index in [2.05, 4.69) is 13.8 Å². The van der Waals surface area contributed by atoms with Crippen LogP contribution in [0.15, 0.2) is 0 Å². The molecule has 4 nitrogen and oxygen atoms in total. The Labute approximate surface area is 201 Å². The van der Waals surface area contributed by atoms with E-state index < -0.39 is 0 Å². The third-order valence-electron chi connectivity index (χ3n) is 6.21. The molecular weight excluding hydrogens is 400 g/mol. The van der Waals surface area contributed by atoms with E-state index in [-0.39, 0.29) is 25.4 Å². The maximum atomic E-state index is 9.39. The van der Waals surface area contributed by atoms with Crippen molar-refractivity contribution in [3.05, 3.63) is 0 Å². The van der Waals surface area contributed by atoms with Crippen molar-refractivity contribution in [2.45, 2.75) is 167 Å². The maximum absolute atomic E-state index is 9.39. The highest BCUT2D eigenvalue weighted by molar-refractivity contribution is 4.56. The van der Waals surface area contributed by atoms with Gasteiger partial charge in [-0.15, -0.1) is 0 Å². The van der Waals surface area contributed by atoms with Crippen LogP contribution in [0.25, 0.3) is 0 Å². The third kappa shape index (κ3) is 32.0. The predicted octanol–water partition coefficient (Wildman–Crippen LogP) is 7.30. The second-order valence-corrected chi connectivity index (χ2v) is 9.57. The minimum absolute atomic E-state index is 0.110. The quantitative estimate of drug-likeness (QED) is 0.114. The summed E-state index contributed by atoms with van der Waals surface area (Å²) < 4.78 is 0. The molecule has 0 aromatic rings. The average molecular weight is 461 g/mol. The molecule has 4 N–H and O–H groups in total. The lowest BCUT2D eigenvalue weighted by molar-refractivity contribution is 0.122. The Balaban J connectivity index is 0. The fraction of sp³-hybridized carbons (Fsp3) is 1.00. The summed E-state index contributed by atoms with van der Waals surface area (Å²) >= 11 is 0. The number of unbranched alkanes of at least 4 members (excludes halogenated alkanes) is 16. The van der Waals surface area contributed by atoms with Crippen LogP contribution >= 0.6 is 0 Å². The molecule has 0 aromatic heterocycles. The molecule has 0 fully saturated rings. The van der Waals surface area contributed by atoms with Crippen LogP contribution in [0.3, 0.4) is 0 Å². The van der Waals surface area contributed by atoms with E-state index in [1.54, 1.807) is 0 Å². The van der Waals surface area contributed by atoms with Crippen molar-refractivity contribution >= 4 is 0 Å². The van der Waals surface area contributed by atoms with Crippen molar-refractivity contribution in [2.24, 2.45) is 0 Å². The number of rotatable bonds is 24. The second kappa shape index (κ2) is 30.8. The summed E-state index contributed by atoms with van der Waals surface area (Å²) in [7, 11) is 0. The monoisotopic (exact) mass is 460 g/mol. The first-order chi connectivity index (χ1) is 15.6. The van der Waals surface area contributed by atoms with Gasteiger partial charge in [0, 0.05) is 13.2 Å². The zero-order valence-electron chi connectivity index (χ0n) is 21.9. The Morgan fingerprint density at radius 3 is 0.875 bits per heavy atom. The summed E-state index contributed by atoms with van der Waals surface area (Å²) in [6.45, 7) is 4.71. The van der Waals surface area contributed by atoms with Gasteiger partial charge in [-0.05, 0) is 25.7 Å². The Hall–Kier alpha value is -0.160. The van der Waals surface area contributed by atoms with Gasteiger partial charge in [0.05, 0.1) is 12.2 Å². The van der Waals surface area contributed by atoms with Crippen LogP contribution in [0.5, 0.6) is 0 Å². The van der Waals surface area contributed by atoms with Crippen LogP contribution in [0, 0.1) is 0 Å². The lowest BCUT2D eigenvalue weighted by Crippen LogP contribution is -2.08. The summed E-state index contributed by atoms with van der Waals surface area (Å²) in [5, 5.41) is 36.0. The van der Waals surface area contributed by atoms with Crippen molar-refractivity contribution in [3.8, 4) is 0 Å². The molecule has 32 heavy (non-hydrogen) atoms. The first-order valence-electron chi connectivity index (χ1n) is 14.2. The lowest BCUT2D eigenvalue weighted by Gasteiger charge is -2.07. The van der Waals surface area contributed by atoms with Crippen LogP contribution in [-0.4, -0.2) is 45.8 Å². The average Bonchev–Trinajstić information content (AvgIpc) is 2.78. The fourth-order valence-electron chi connectivity index (χ4n) is 3.97. The van der Waals surface area contributed by atoms with Gasteiger partial charge in [-0.25, -0.2) is 0 Å². The smallest absolute Gasteiger partial charge is 0.0562 e. The lowest BCUT2D eigenvalue weighted by atomic mass is 10.0. The van der Waals surface area contributed by atoms with Gasteiger partial charge in [0.2, 0.25) is 0 Å². The van der Waals surface area contributed by atoms with Gasteiger partial charge >= 0.3 is 0 Å². The molecule has 0 radical (unpaired) electrons. The van der Waals surface area contributed by atoms with Crippen molar-refractivity contribution < 1.29 is 20.4 Å². The standard InChI is InChI=1S/2C14H30O2/c2*1-2-3-4-5-6-7-8-9-10-11-14(16)12-13-15/h2*14-16H,2-13H2,1H3. The molecule has 0 amide bonds. The molecule has 0 saturated heterocycles. The largest absolute Gasteiger partial charge is 0.396 e. The van der Waals surface area contributed by atoms with E-state index in [1.807, 2.05) is 0 Å². The van der Waals surface area contributed by atoms with Gasteiger partial charge < -0.3 is 20.4 Å². The Morgan fingerprint density at radius 1 is 0.375 bits per heavy atom. The molecule has 0 aliphatic rings. The summed E-state index contributed by atoms with van der Waals surface area (Å²) in [6.07, 6.45) is 25.9. The predicted molar refractivity (Wildman–Crippen MR) is 139 cm³/mol. The highest BCUT2D eigenvalue weighted by Gasteiger charge is 2.03. The van der Waals surface area contributed by atoms with E-state index in [4.69, 9.17) is 10.2 Å². The minimum atomic E-state index is -0.283. The second-order valence-electron chi connectivity index (χ2n) is 9.57. The van der Waals surface area contributed by atoms with Crippen LogP contribution in [0.4, 0.5) is 0 Å². The molecule has 0 spiro atoms. The zero-order valence-corrected chi connectivity index (χ0v) is 21.9. The fourth-order valence-corrected chi connectivity index (χ4v) is 3.97. The van der Waals surface area contributed by atoms with Crippen molar-refractivity contribution in [3.63, 3.8) is 0 Å². The van der Waals surface area contributed by atoms with E-state index in [0.29, 0.717) is 12.8 Å². The minimum Gasteiger partial charge on any atom is -0.396 e. The SMILES string of the molecule is CCCCCCCCCCCC(O)CCO.CCCCCCCCCCCC(O)CCO. The Morgan fingerprint density at radius 2 is 0.625 bits per heavy atom. The molecule has 0 aromatic carbocycles. The first-order valence-corrected chi connectivity index (χ1v) is 14.2. The Bertz CT molecular complexity index is 282. The molecule has 0 aliphatic heterocycles. The highest BCUT2D eigenvalue weighted by atomic mass is 16.3. The molecule has 2 atom stereocenters. The molecule has 4 heteroatoms. The molecular formula is C28H60O4. The van der Waals surface area contributed by atoms with E-state index >= 15 is 0 Å². The van der Waals surface area contributed by atoms with E-state index in [9.17, 15) is 10.2 Å². The number of hydrogen-bond acceptors (Lipinski definition) is 4. The van der Waals surface area contributed by atoms with E-state index in [0.717, 1.165) is 25.7 Å². The zero-order chi connectivity index (χ0) is 24.1. The number of aliphatic hydroxyl groups is 4. The van der Waals surface area contributed by atoms with Gasteiger partial charge in [-0.2, -0.15) is 0 Å². The van der Waals surface area contributed by atoms with Crippen LogP contribution in [0.1, 0.15) is 155 Å². The molecule has 0 saturated carbocycles. The van der Waals surface area contributed by atoms with Crippen LogP contribution in [0.2, 0.25) is 0 Å². The van der Waals surface area contributed by atoms with Crippen molar-refractivity contribution in [2.75, 3.05) is 13.2 Å². The summed E-state index contributed by atoms with van der Waals surface area (Å²) in [4.78, 5) is 0. The van der Waals surface area contributed by atoms with Gasteiger partial charge in [-0.1, -0.05) is 129 Å². The normalized spacial score (nSPS) is 12.9. The first kappa shape index (κ1) is 34.0. The van der Waals surface area contributed by atoms with E-state index in [1.165, 1.54) is 103 Å². The highest BCUT2D eigenvalue weighted by Crippen LogP contribution is 2.13. The van der Waals surface area contributed by atoms with Crippen molar-refractivity contribution in [1.29, 1.82) is 0 Å². The summed E-state index contributed by atoms with van der Waals surface area (Å²) in [5.74, 6) is 0. The number of hydrogen-bond donors (Lipinski definition) is 4. The van der Waals surface area contributed by atoms with Crippen LogP contribution in [-0.2, 0) is 0 Å². The topological polar surface area (TPSA) is 80.9 Å². The van der Waals surface area contributed by atoms with Gasteiger partial charge in [-0.3, -0.25) is 0 Å². The number of aliphatic hydroxyl groups excluding tert-OH is 4. The molecule has 0 aliphatic carbocycles. The molecule has 0 rings (SSSR count). The summed E-state index contributed by atoms with van der Waals surface area (Å²) in [6, 6.07) is 0. The molecule has 196 valence electrons. The molecule has 0 bridgehead atoms. The van der Waals surface area contributed by atoms with Gasteiger partial charge in [0.1, 0.15) is 0 Å². The molecule has 2 unspecified atom stereocenters. The molecule has 0 heterocycles.